The van der Waals surface area contributed by atoms with E-state index in [-0.39, 0.29) is 17.7 Å². The van der Waals surface area contributed by atoms with Crippen molar-refractivity contribution in [2.24, 2.45) is 0 Å². The number of nitrogens with one attached hydrogen (secondary N) is 3. The Bertz CT molecular complexity index is 578. The van der Waals surface area contributed by atoms with Crippen LogP contribution in [0.3, 0.4) is 0 Å². The van der Waals surface area contributed by atoms with Crippen LogP contribution in [0.2, 0.25) is 0 Å². The van der Waals surface area contributed by atoms with E-state index in [1.54, 1.807) is 31.2 Å². The lowest BCUT2D eigenvalue weighted by molar-refractivity contribution is -0.118. The molecule has 7 heteroatoms. The van der Waals surface area contributed by atoms with Crippen molar-refractivity contribution in [3.8, 4) is 0 Å². The third-order valence-electron chi connectivity index (χ3n) is 3.43. The molecule has 1 saturated heterocycles. The molecule has 0 radical (unpaired) electrons. The highest BCUT2D eigenvalue weighted by atomic mass is 32.2. The molecule has 0 aromatic heterocycles. The number of benzene rings is 1. The summed E-state index contributed by atoms with van der Waals surface area (Å²) in [6.07, 6.45) is 3.01. The molecular formula is C14H21N3O3S. The van der Waals surface area contributed by atoms with Crippen molar-refractivity contribution in [3.63, 3.8) is 0 Å². The average Bonchev–Trinajstić information content (AvgIpc) is 2.50. The van der Waals surface area contributed by atoms with Gasteiger partial charge in [-0.25, -0.2) is 8.42 Å². The minimum Gasteiger partial charge on any atom is -0.325 e. The summed E-state index contributed by atoms with van der Waals surface area (Å²) in [5, 5.41) is 6.02. The first-order chi connectivity index (χ1) is 10.00. The van der Waals surface area contributed by atoms with Gasteiger partial charge in [0.1, 0.15) is 0 Å². The lowest BCUT2D eigenvalue weighted by atomic mass is 10.0. The maximum atomic E-state index is 12.0. The molecule has 1 aromatic carbocycles. The van der Waals surface area contributed by atoms with E-state index in [1.165, 1.54) is 0 Å². The van der Waals surface area contributed by atoms with Crippen molar-refractivity contribution < 1.29 is 13.2 Å². The molecule has 1 aromatic rings. The highest BCUT2D eigenvalue weighted by Gasteiger charge is 2.20. The maximum Gasteiger partial charge on any atom is 0.241 e. The molecule has 1 aliphatic rings. The Labute approximate surface area is 125 Å². The molecule has 1 heterocycles. The fourth-order valence-electron chi connectivity index (χ4n) is 2.18. The van der Waals surface area contributed by atoms with Gasteiger partial charge in [-0.1, -0.05) is 6.42 Å². The monoisotopic (exact) mass is 311 g/mol. The van der Waals surface area contributed by atoms with Gasteiger partial charge in [0.25, 0.3) is 0 Å². The fourth-order valence-corrected chi connectivity index (χ4v) is 2.82. The first-order valence-corrected chi connectivity index (χ1v) is 8.80. The van der Waals surface area contributed by atoms with Crippen molar-refractivity contribution in [2.45, 2.75) is 32.2 Å². The molecule has 0 unspecified atom stereocenters. The SMILES string of the molecule is CCS(=O)(=O)Nc1ccc(NC(=O)[C@@H]2CCCCN2)cc1. The van der Waals surface area contributed by atoms with Gasteiger partial charge >= 0.3 is 0 Å². The van der Waals surface area contributed by atoms with E-state index in [2.05, 4.69) is 15.4 Å². The minimum atomic E-state index is -3.27. The summed E-state index contributed by atoms with van der Waals surface area (Å²) in [6, 6.07) is 6.51. The Morgan fingerprint density at radius 1 is 1.24 bits per heavy atom. The molecule has 0 aliphatic carbocycles. The number of amides is 1. The summed E-state index contributed by atoms with van der Waals surface area (Å²) in [5.74, 6) is -0.0182. The topological polar surface area (TPSA) is 87.3 Å². The lowest BCUT2D eigenvalue weighted by Gasteiger charge is -2.22. The highest BCUT2D eigenvalue weighted by Crippen LogP contribution is 2.16. The fraction of sp³-hybridized carbons (Fsp3) is 0.500. The Morgan fingerprint density at radius 2 is 1.90 bits per heavy atom. The number of carbonyl (C=O) groups is 1. The molecule has 21 heavy (non-hydrogen) atoms. The molecule has 0 spiro atoms. The lowest BCUT2D eigenvalue weighted by Crippen LogP contribution is -2.43. The van der Waals surface area contributed by atoms with E-state index in [9.17, 15) is 13.2 Å². The maximum absolute atomic E-state index is 12.0. The van der Waals surface area contributed by atoms with Crippen LogP contribution in [0.1, 0.15) is 26.2 Å². The third kappa shape index (κ3) is 4.71. The predicted octanol–water partition coefficient (Wildman–Crippen LogP) is 1.53. The summed E-state index contributed by atoms with van der Waals surface area (Å²) in [5.41, 5.74) is 1.15. The van der Waals surface area contributed by atoms with Crippen LogP contribution < -0.4 is 15.4 Å². The van der Waals surface area contributed by atoms with E-state index < -0.39 is 10.0 Å². The van der Waals surface area contributed by atoms with Crippen LogP contribution in [0.5, 0.6) is 0 Å². The van der Waals surface area contributed by atoms with Gasteiger partial charge in [0.2, 0.25) is 15.9 Å². The molecule has 0 saturated carbocycles. The normalized spacial score (nSPS) is 19.0. The summed E-state index contributed by atoms with van der Waals surface area (Å²) in [6.45, 7) is 2.45. The second kappa shape index (κ2) is 6.91. The van der Waals surface area contributed by atoms with E-state index >= 15 is 0 Å². The summed E-state index contributed by atoms with van der Waals surface area (Å²) in [4.78, 5) is 12.0. The van der Waals surface area contributed by atoms with Gasteiger partial charge in [0.15, 0.2) is 0 Å². The van der Waals surface area contributed by atoms with Crippen LogP contribution >= 0.6 is 0 Å². The molecule has 1 amide bonds. The van der Waals surface area contributed by atoms with Gasteiger partial charge < -0.3 is 10.6 Å². The van der Waals surface area contributed by atoms with Gasteiger partial charge in [-0.2, -0.15) is 0 Å². The number of rotatable bonds is 5. The Hall–Kier alpha value is -1.60. The minimum absolute atomic E-state index is 0.0266. The number of hydrogen-bond acceptors (Lipinski definition) is 4. The van der Waals surface area contributed by atoms with Crippen LogP contribution in [0.4, 0.5) is 11.4 Å². The van der Waals surface area contributed by atoms with Gasteiger partial charge in [-0.3, -0.25) is 9.52 Å². The van der Waals surface area contributed by atoms with Crippen molar-refractivity contribution in [1.29, 1.82) is 0 Å². The van der Waals surface area contributed by atoms with Gasteiger partial charge in [0.05, 0.1) is 11.8 Å². The molecular weight excluding hydrogens is 290 g/mol. The summed E-state index contributed by atoms with van der Waals surface area (Å²) in [7, 11) is -3.27. The van der Waals surface area contributed by atoms with Crippen LogP contribution in [0.15, 0.2) is 24.3 Å². The number of hydrogen-bond donors (Lipinski definition) is 3. The van der Waals surface area contributed by atoms with E-state index in [4.69, 9.17) is 0 Å². The van der Waals surface area contributed by atoms with Crippen molar-refractivity contribution in [2.75, 3.05) is 22.3 Å². The quantitative estimate of drug-likeness (QED) is 0.769. The van der Waals surface area contributed by atoms with Crippen molar-refractivity contribution >= 4 is 27.3 Å². The molecule has 1 atom stereocenters. The Balaban J connectivity index is 1.94. The van der Waals surface area contributed by atoms with Crippen LogP contribution in [-0.2, 0) is 14.8 Å². The zero-order valence-corrected chi connectivity index (χ0v) is 12.9. The van der Waals surface area contributed by atoms with Gasteiger partial charge in [-0.05, 0) is 50.6 Å². The molecule has 116 valence electrons. The molecule has 2 rings (SSSR count). The van der Waals surface area contributed by atoms with Crippen molar-refractivity contribution in [3.05, 3.63) is 24.3 Å². The zero-order chi connectivity index (χ0) is 15.3. The molecule has 1 fully saturated rings. The first-order valence-electron chi connectivity index (χ1n) is 7.15. The third-order valence-corrected chi connectivity index (χ3v) is 4.74. The summed E-state index contributed by atoms with van der Waals surface area (Å²) < 4.78 is 25.4. The van der Waals surface area contributed by atoms with Crippen LogP contribution in [0.25, 0.3) is 0 Å². The number of anilines is 2. The standard InChI is InChI=1S/C14H21N3O3S/c1-2-21(19,20)17-12-8-6-11(7-9-12)16-14(18)13-5-3-4-10-15-13/h6-9,13,15,17H,2-5,10H2,1H3,(H,16,18)/t13-/m0/s1. The second-order valence-corrected chi connectivity index (χ2v) is 7.09. The van der Waals surface area contributed by atoms with Crippen LogP contribution in [0, 0.1) is 0 Å². The Morgan fingerprint density at radius 3 is 2.48 bits per heavy atom. The van der Waals surface area contributed by atoms with Gasteiger partial charge in [0, 0.05) is 11.4 Å². The van der Waals surface area contributed by atoms with E-state index in [0.29, 0.717) is 11.4 Å². The first kappa shape index (κ1) is 15.8. The zero-order valence-electron chi connectivity index (χ0n) is 12.1. The second-order valence-electron chi connectivity index (χ2n) is 5.07. The van der Waals surface area contributed by atoms with Crippen molar-refractivity contribution in [1.82, 2.24) is 5.32 Å². The molecule has 1 aliphatic heterocycles. The highest BCUT2D eigenvalue weighted by molar-refractivity contribution is 7.92. The molecule has 0 bridgehead atoms. The number of carbonyl (C=O) groups excluding carboxylic acids is 1. The van der Waals surface area contributed by atoms with Crippen LogP contribution in [-0.4, -0.2) is 32.7 Å². The smallest absolute Gasteiger partial charge is 0.241 e. The van der Waals surface area contributed by atoms with E-state index in [0.717, 1.165) is 25.8 Å². The molecule has 3 N–H and O–H groups in total. The Kier molecular flexibility index (Phi) is 5.19. The number of piperidine rings is 1. The van der Waals surface area contributed by atoms with E-state index in [1.807, 2.05) is 0 Å². The molecule has 6 nitrogen and oxygen atoms in total. The summed E-state index contributed by atoms with van der Waals surface area (Å²) >= 11 is 0. The average molecular weight is 311 g/mol. The number of sulfonamides is 1. The van der Waals surface area contributed by atoms with Gasteiger partial charge in [-0.15, -0.1) is 0 Å². The largest absolute Gasteiger partial charge is 0.325 e. The predicted molar refractivity (Wildman–Crippen MR) is 83.8 cm³/mol.